The molecular weight excluding hydrogens is 292 g/mol. The lowest BCUT2D eigenvalue weighted by molar-refractivity contribution is 0.0482. The zero-order valence-corrected chi connectivity index (χ0v) is 13.6. The van der Waals surface area contributed by atoms with Crippen molar-refractivity contribution in [3.8, 4) is 0 Å². The summed E-state index contributed by atoms with van der Waals surface area (Å²) < 4.78 is 6.02. The van der Waals surface area contributed by atoms with E-state index in [1.807, 2.05) is 11.8 Å². The highest BCUT2D eigenvalue weighted by Crippen LogP contribution is 2.31. The van der Waals surface area contributed by atoms with Crippen molar-refractivity contribution < 1.29 is 9.53 Å². The first-order valence-corrected chi connectivity index (χ1v) is 8.61. The van der Waals surface area contributed by atoms with Gasteiger partial charge in [0, 0.05) is 44.8 Å². The molecule has 0 spiro atoms. The first kappa shape index (κ1) is 15.0. The van der Waals surface area contributed by atoms with E-state index >= 15 is 0 Å². The standard InChI is InChI=1S/C17H24N4O2/c1-12-6-19-15(7-18-12)17(22)21-10-14-9-20(8-13-2-3-13)4-5-23-16(14)11-21/h6-7,13-14,16H,2-5,8-11H2,1H3/t14-,16+/m1/s1. The van der Waals surface area contributed by atoms with Crippen molar-refractivity contribution >= 4 is 5.91 Å². The molecule has 1 aliphatic carbocycles. The molecule has 2 aliphatic heterocycles. The number of nitrogens with zero attached hydrogens (tertiary/aromatic N) is 4. The number of ether oxygens (including phenoxy) is 1. The summed E-state index contributed by atoms with van der Waals surface area (Å²) in [6.07, 6.45) is 6.15. The molecule has 1 aromatic rings. The van der Waals surface area contributed by atoms with E-state index in [0.717, 1.165) is 37.9 Å². The molecule has 0 aromatic carbocycles. The van der Waals surface area contributed by atoms with Crippen LogP contribution in [0.5, 0.6) is 0 Å². The highest BCUT2D eigenvalue weighted by molar-refractivity contribution is 5.92. The predicted octanol–water partition coefficient (Wildman–Crippen LogP) is 0.968. The number of fused-ring (bicyclic) bond motifs is 1. The summed E-state index contributed by atoms with van der Waals surface area (Å²) in [6.45, 7) is 7.36. The molecule has 0 radical (unpaired) electrons. The number of aryl methyl sites for hydroxylation is 1. The smallest absolute Gasteiger partial charge is 0.274 e. The van der Waals surface area contributed by atoms with E-state index in [1.165, 1.54) is 19.4 Å². The lowest BCUT2D eigenvalue weighted by Crippen LogP contribution is -2.35. The summed E-state index contributed by atoms with van der Waals surface area (Å²) in [5, 5.41) is 0. The quantitative estimate of drug-likeness (QED) is 0.831. The van der Waals surface area contributed by atoms with Gasteiger partial charge in [0.1, 0.15) is 5.69 Å². The van der Waals surface area contributed by atoms with Crippen molar-refractivity contribution in [1.29, 1.82) is 0 Å². The molecule has 3 fully saturated rings. The van der Waals surface area contributed by atoms with Gasteiger partial charge >= 0.3 is 0 Å². The Kier molecular flexibility index (Phi) is 4.03. The Bertz CT molecular complexity index is 572. The van der Waals surface area contributed by atoms with Crippen LogP contribution < -0.4 is 0 Å². The van der Waals surface area contributed by atoms with Crippen LogP contribution in [0.2, 0.25) is 0 Å². The Balaban J connectivity index is 1.41. The molecule has 2 saturated heterocycles. The summed E-state index contributed by atoms with van der Waals surface area (Å²) >= 11 is 0. The molecule has 3 aliphatic rings. The molecule has 23 heavy (non-hydrogen) atoms. The Morgan fingerprint density at radius 2 is 2.13 bits per heavy atom. The van der Waals surface area contributed by atoms with E-state index in [9.17, 15) is 4.79 Å². The van der Waals surface area contributed by atoms with E-state index < -0.39 is 0 Å². The van der Waals surface area contributed by atoms with Crippen LogP contribution in [0.15, 0.2) is 12.4 Å². The molecule has 2 atom stereocenters. The molecule has 0 unspecified atom stereocenters. The first-order valence-electron chi connectivity index (χ1n) is 8.61. The van der Waals surface area contributed by atoms with Crippen molar-refractivity contribution in [3.05, 3.63) is 23.8 Å². The lowest BCUT2D eigenvalue weighted by Gasteiger charge is -2.23. The molecule has 1 amide bonds. The van der Waals surface area contributed by atoms with Gasteiger partial charge < -0.3 is 14.5 Å². The Morgan fingerprint density at radius 1 is 1.26 bits per heavy atom. The van der Waals surface area contributed by atoms with E-state index in [4.69, 9.17) is 4.74 Å². The molecule has 6 nitrogen and oxygen atoms in total. The molecule has 0 bridgehead atoms. The van der Waals surface area contributed by atoms with Gasteiger partial charge in [-0.15, -0.1) is 0 Å². The van der Waals surface area contributed by atoms with Gasteiger partial charge in [-0.2, -0.15) is 0 Å². The van der Waals surface area contributed by atoms with Crippen molar-refractivity contribution in [3.63, 3.8) is 0 Å². The summed E-state index contributed by atoms with van der Waals surface area (Å²) in [5.74, 6) is 1.29. The average Bonchev–Trinajstić information content (AvgIpc) is 3.31. The summed E-state index contributed by atoms with van der Waals surface area (Å²) in [7, 11) is 0. The number of carbonyl (C=O) groups is 1. The third kappa shape index (κ3) is 3.38. The lowest BCUT2D eigenvalue weighted by atomic mass is 10.1. The van der Waals surface area contributed by atoms with Crippen molar-refractivity contribution in [2.45, 2.75) is 25.9 Å². The maximum atomic E-state index is 12.6. The number of aromatic nitrogens is 2. The Labute approximate surface area is 136 Å². The highest BCUT2D eigenvalue weighted by Gasteiger charge is 2.39. The van der Waals surface area contributed by atoms with E-state index in [2.05, 4.69) is 14.9 Å². The Morgan fingerprint density at radius 3 is 2.87 bits per heavy atom. The largest absolute Gasteiger partial charge is 0.375 e. The fraction of sp³-hybridized carbons (Fsp3) is 0.706. The topological polar surface area (TPSA) is 58.6 Å². The molecule has 3 heterocycles. The number of hydrogen-bond donors (Lipinski definition) is 0. The fourth-order valence-corrected chi connectivity index (χ4v) is 3.62. The average molecular weight is 316 g/mol. The van der Waals surface area contributed by atoms with Gasteiger partial charge in [-0.25, -0.2) is 4.98 Å². The van der Waals surface area contributed by atoms with Crippen molar-refractivity contribution in [2.75, 3.05) is 39.3 Å². The normalized spacial score (nSPS) is 28.5. The number of carbonyl (C=O) groups excluding carboxylic acids is 1. The van der Waals surface area contributed by atoms with Crippen LogP contribution in [0.1, 0.15) is 29.0 Å². The predicted molar refractivity (Wildman–Crippen MR) is 85.1 cm³/mol. The van der Waals surface area contributed by atoms with E-state index in [-0.39, 0.29) is 12.0 Å². The molecule has 124 valence electrons. The van der Waals surface area contributed by atoms with Gasteiger partial charge in [-0.05, 0) is 25.7 Å². The molecular formula is C17H24N4O2. The maximum Gasteiger partial charge on any atom is 0.274 e. The summed E-state index contributed by atoms with van der Waals surface area (Å²) in [4.78, 5) is 25.4. The molecule has 0 N–H and O–H groups in total. The zero-order chi connectivity index (χ0) is 15.8. The van der Waals surface area contributed by atoms with Crippen molar-refractivity contribution in [2.24, 2.45) is 11.8 Å². The molecule has 1 aromatic heterocycles. The van der Waals surface area contributed by atoms with Gasteiger partial charge in [0.05, 0.1) is 24.6 Å². The van der Waals surface area contributed by atoms with E-state index in [1.54, 1.807) is 12.4 Å². The van der Waals surface area contributed by atoms with Crippen LogP contribution in [0.4, 0.5) is 0 Å². The van der Waals surface area contributed by atoms with E-state index in [0.29, 0.717) is 18.2 Å². The summed E-state index contributed by atoms with van der Waals surface area (Å²) in [5.41, 5.74) is 1.26. The van der Waals surface area contributed by atoms with Crippen LogP contribution in [0, 0.1) is 18.8 Å². The molecule has 1 saturated carbocycles. The first-order chi connectivity index (χ1) is 11.2. The maximum absolute atomic E-state index is 12.6. The fourth-order valence-electron chi connectivity index (χ4n) is 3.62. The second-order valence-electron chi connectivity index (χ2n) is 7.13. The summed E-state index contributed by atoms with van der Waals surface area (Å²) in [6, 6.07) is 0. The second-order valence-corrected chi connectivity index (χ2v) is 7.13. The molecule has 6 heteroatoms. The SMILES string of the molecule is Cc1cnc(C(=O)N2C[C@H]3CN(CC4CC4)CCO[C@H]3C2)cn1. The highest BCUT2D eigenvalue weighted by atomic mass is 16.5. The zero-order valence-electron chi connectivity index (χ0n) is 13.6. The van der Waals surface area contributed by atoms with Crippen LogP contribution in [-0.2, 0) is 4.74 Å². The number of rotatable bonds is 3. The van der Waals surface area contributed by atoms with Gasteiger partial charge in [-0.1, -0.05) is 0 Å². The van der Waals surface area contributed by atoms with Gasteiger partial charge in [0.2, 0.25) is 0 Å². The monoisotopic (exact) mass is 316 g/mol. The molecule has 4 rings (SSSR count). The third-order valence-electron chi connectivity index (χ3n) is 5.11. The number of likely N-dealkylation sites (tertiary alicyclic amines) is 1. The second kappa shape index (κ2) is 6.17. The van der Waals surface area contributed by atoms with Crippen LogP contribution in [0.25, 0.3) is 0 Å². The minimum absolute atomic E-state index is 0.0251. The minimum atomic E-state index is -0.0251. The van der Waals surface area contributed by atoms with Gasteiger partial charge in [0.15, 0.2) is 0 Å². The van der Waals surface area contributed by atoms with Gasteiger partial charge in [-0.3, -0.25) is 9.78 Å². The minimum Gasteiger partial charge on any atom is -0.375 e. The van der Waals surface area contributed by atoms with Gasteiger partial charge in [0.25, 0.3) is 5.91 Å². The number of amides is 1. The van der Waals surface area contributed by atoms with Crippen molar-refractivity contribution in [1.82, 2.24) is 19.8 Å². The van der Waals surface area contributed by atoms with Crippen LogP contribution >= 0.6 is 0 Å². The van der Waals surface area contributed by atoms with Crippen LogP contribution in [0.3, 0.4) is 0 Å². The van der Waals surface area contributed by atoms with Crippen LogP contribution in [-0.4, -0.2) is 71.1 Å². The third-order valence-corrected chi connectivity index (χ3v) is 5.11. The number of hydrogen-bond acceptors (Lipinski definition) is 5. The Hall–Kier alpha value is -1.53.